The number of ether oxygens (including phenoxy) is 1. The van der Waals surface area contributed by atoms with Crippen molar-refractivity contribution in [2.24, 2.45) is 17.8 Å². The van der Waals surface area contributed by atoms with E-state index in [1.54, 1.807) is 10.5 Å². The summed E-state index contributed by atoms with van der Waals surface area (Å²) in [4.78, 5) is 1.61. The lowest BCUT2D eigenvalue weighted by molar-refractivity contribution is -0.896. The molecule has 0 radical (unpaired) electrons. The van der Waals surface area contributed by atoms with Gasteiger partial charge in [-0.1, -0.05) is 12.1 Å². The molecular weight excluding hydrogens is 294 g/mol. The highest BCUT2D eigenvalue weighted by atomic mass is 16.5. The fourth-order valence-corrected chi connectivity index (χ4v) is 6.29. The first-order chi connectivity index (χ1) is 11.7. The fourth-order valence-electron chi connectivity index (χ4n) is 6.29. The van der Waals surface area contributed by atoms with Crippen LogP contribution in [0.2, 0.25) is 0 Å². The van der Waals surface area contributed by atoms with E-state index in [9.17, 15) is 0 Å². The summed E-state index contributed by atoms with van der Waals surface area (Å²) >= 11 is 0. The van der Waals surface area contributed by atoms with Crippen molar-refractivity contribution >= 4 is 0 Å². The summed E-state index contributed by atoms with van der Waals surface area (Å²) in [5, 5.41) is 0. The molecule has 2 nitrogen and oxygen atoms in total. The van der Waals surface area contributed by atoms with Crippen LogP contribution in [0.1, 0.15) is 57.9 Å². The fraction of sp³-hybridized carbons (Fsp3) is 0.727. The van der Waals surface area contributed by atoms with Gasteiger partial charge in [0.2, 0.25) is 0 Å². The minimum absolute atomic E-state index is 0.513. The number of quaternary nitrogens is 1. The van der Waals surface area contributed by atoms with E-state index in [1.165, 1.54) is 51.6 Å². The van der Waals surface area contributed by atoms with Crippen LogP contribution in [0.5, 0.6) is 5.75 Å². The monoisotopic (exact) mass is 328 g/mol. The second-order valence-corrected chi connectivity index (χ2v) is 8.78. The Balaban J connectivity index is 1.39. The standard InChI is InChI=1S/C22H33NO/c1-3-23(4-2)9-10-24-21-7-5-20(6-8-21)22-14-17-11-18(15-22)13-19(12-17)16-22/h5-8,17-19H,3-4,9-16H2,1-2H3/p+1. The zero-order valence-corrected chi connectivity index (χ0v) is 15.5. The maximum atomic E-state index is 5.99. The van der Waals surface area contributed by atoms with Gasteiger partial charge in [0, 0.05) is 0 Å². The molecule has 0 unspecified atom stereocenters. The molecule has 0 aromatic heterocycles. The molecule has 4 aliphatic carbocycles. The molecule has 1 aromatic carbocycles. The third kappa shape index (κ3) is 3.10. The Morgan fingerprint density at radius 2 is 1.46 bits per heavy atom. The molecule has 4 aliphatic rings. The molecule has 4 fully saturated rings. The van der Waals surface area contributed by atoms with Gasteiger partial charge in [0.05, 0.1) is 13.1 Å². The van der Waals surface area contributed by atoms with Crippen molar-refractivity contribution in [2.75, 3.05) is 26.2 Å². The van der Waals surface area contributed by atoms with E-state index >= 15 is 0 Å². The van der Waals surface area contributed by atoms with Gasteiger partial charge in [0.25, 0.3) is 0 Å². The number of likely N-dealkylation sites (N-methyl/N-ethyl adjacent to an activating group) is 1. The molecule has 5 rings (SSSR count). The number of nitrogens with one attached hydrogen (secondary N) is 1. The van der Waals surface area contributed by atoms with Crippen molar-refractivity contribution < 1.29 is 9.64 Å². The summed E-state index contributed by atoms with van der Waals surface area (Å²) < 4.78 is 5.99. The smallest absolute Gasteiger partial charge is 0.137 e. The van der Waals surface area contributed by atoms with Crippen LogP contribution in [0.4, 0.5) is 0 Å². The van der Waals surface area contributed by atoms with Crippen LogP contribution in [-0.2, 0) is 5.41 Å². The minimum Gasteiger partial charge on any atom is -0.488 e. The molecule has 0 heterocycles. The van der Waals surface area contributed by atoms with Crippen LogP contribution >= 0.6 is 0 Å². The molecule has 0 spiro atoms. The normalized spacial score (nSPS) is 34.0. The van der Waals surface area contributed by atoms with Crippen molar-refractivity contribution in [2.45, 2.75) is 57.8 Å². The third-order valence-electron chi connectivity index (χ3n) is 7.23. The molecule has 0 atom stereocenters. The Morgan fingerprint density at radius 3 is 1.96 bits per heavy atom. The topological polar surface area (TPSA) is 13.7 Å². The van der Waals surface area contributed by atoms with E-state index in [2.05, 4.69) is 38.1 Å². The molecule has 0 saturated heterocycles. The molecule has 132 valence electrons. The van der Waals surface area contributed by atoms with Gasteiger partial charge in [-0.25, -0.2) is 0 Å². The molecule has 4 bridgehead atoms. The zero-order chi connectivity index (χ0) is 16.6. The first-order valence-corrected chi connectivity index (χ1v) is 10.3. The summed E-state index contributed by atoms with van der Waals surface area (Å²) in [5.74, 6) is 4.10. The van der Waals surface area contributed by atoms with Gasteiger partial charge in [-0.15, -0.1) is 0 Å². The lowest BCUT2D eigenvalue weighted by Crippen LogP contribution is -3.12. The minimum atomic E-state index is 0.513. The SMILES string of the molecule is CC[NH+](CC)CCOc1ccc(C23CC4CC(CC(C4)C2)C3)cc1. The van der Waals surface area contributed by atoms with E-state index < -0.39 is 0 Å². The van der Waals surface area contributed by atoms with E-state index in [-0.39, 0.29) is 0 Å². The molecule has 24 heavy (non-hydrogen) atoms. The first kappa shape index (κ1) is 16.4. The maximum Gasteiger partial charge on any atom is 0.137 e. The predicted molar refractivity (Wildman–Crippen MR) is 98.7 cm³/mol. The van der Waals surface area contributed by atoms with E-state index in [0.717, 1.165) is 36.7 Å². The van der Waals surface area contributed by atoms with Crippen molar-refractivity contribution in [1.82, 2.24) is 0 Å². The second kappa shape index (κ2) is 6.71. The van der Waals surface area contributed by atoms with Gasteiger partial charge in [-0.3, -0.25) is 0 Å². The van der Waals surface area contributed by atoms with Gasteiger partial charge >= 0.3 is 0 Å². The van der Waals surface area contributed by atoms with E-state index in [0.29, 0.717) is 5.41 Å². The summed E-state index contributed by atoms with van der Waals surface area (Å²) in [5.41, 5.74) is 2.11. The van der Waals surface area contributed by atoms with Gasteiger partial charge in [-0.05, 0) is 93.2 Å². The molecule has 0 aliphatic heterocycles. The lowest BCUT2D eigenvalue weighted by atomic mass is 9.48. The van der Waals surface area contributed by atoms with Crippen LogP contribution in [0, 0.1) is 17.8 Å². The van der Waals surface area contributed by atoms with Crippen molar-refractivity contribution in [3.8, 4) is 5.75 Å². The number of hydrogen-bond donors (Lipinski definition) is 1. The largest absolute Gasteiger partial charge is 0.488 e. The Hall–Kier alpha value is -1.02. The molecule has 4 saturated carbocycles. The maximum absolute atomic E-state index is 5.99. The lowest BCUT2D eigenvalue weighted by Gasteiger charge is -2.57. The molecule has 0 amide bonds. The van der Waals surface area contributed by atoms with Gasteiger partial charge in [0.1, 0.15) is 18.9 Å². The third-order valence-corrected chi connectivity index (χ3v) is 7.23. The number of rotatable bonds is 7. The highest BCUT2D eigenvalue weighted by Crippen LogP contribution is 2.60. The van der Waals surface area contributed by atoms with E-state index in [1.807, 2.05) is 0 Å². The van der Waals surface area contributed by atoms with Gasteiger partial charge in [0.15, 0.2) is 0 Å². The predicted octanol–water partition coefficient (Wildman–Crippen LogP) is 3.46. The highest BCUT2D eigenvalue weighted by Gasteiger charge is 2.51. The van der Waals surface area contributed by atoms with Crippen LogP contribution in [-0.4, -0.2) is 26.2 Å². The Morgan fingerprint density at radius 1 is 0.917 bits per heavy atom. The average Bonchev–Trinajstić information content (AvgIpc) is 2.58. The summed E-state index contributed by atoms with van der Waals surface area (Å²) in [7, 11) is 0. The summed E-state index contributed by atoms with van der Waals surface area (Å²) in [6.07, 6.45) is 8.91. The molecule has 2 heteroatoms. The summed E-state index contributed by atoms with van der Waals surface area (Å²) in [6.45, 7) is 8.80. The van der Waals surface area contributed by atoms with Crippen LogP contribution in [0.15, 0.2) is 24.3 Å². The average molecular weight is 329 g/mol. The zero-order valence-electron chi connectivity index (χ0n) is 15.5. The highest BCUT2D eigenvalue weighted by molar-refractivity contribution is 5.34. The van der Waals surface area contributed by atoms with Crippen molar-refractivity contribution in [1.29, 1.82) is 0 Å². The van der Waals surface area contributed by atoms with Crippen LogP contribution in [0.3, 0.4) is 0 Å². The first-order valence-electron chi connectivity index (χ1n) is 10.3. The Bertz CT molecular complexity index is 510. The molecule has 1 N–H and O–H groups in total. The van der Waals surface area contributed by atoms with Gasteiger partial charge < -0.3 is 9.64 Å². The van der Waals surface area contributed by atoms with Crippen molar-refractivity contribution in [3.63, 3.8) is 0 Å². The molecular formula is C22H34NO+. The number of benzene rings is 1. The Labute approximate surface area is 147 Å². The number of hydrogen-bond acceptors (Lipinski definition) is 1. The van der Waals surface area contributed by atoms with E-state index in [4.69, 9.17) is 4.74 Å². The Kier molecular flexibility index (Phi) is 4.60. The molecule has 1 aromatic rings. The van der Waals surface area contributed by atoms with Crippen LogP contribution < -0.4 is 9.64 Å². The van der Waals surface area contributed by atoms with Crippen molar-refractivity contribution in [3.05, 3.63) is 29.8 Å². The second-order valence-electron chi connectivity index (χ2n) is 8.78. The van der Waals surface area contributed by atoms with Crippen LogP contribution in [0.25, 0.3) is 0 Å². The van der Waals surface area contributed by atoms with Gasteiger partial charge in [-0.2, -0.15) is 0 Å². The quantitative estimate of drug-likeness (QED) is 0.809. The summed E-state index contributed by atoms with van der Waals surface area (Å²) in [6, 6.07) is 9.22.